The van der Waals surface area contributed by atoms with Gasteiger partial charge >= 0.3 is 21.1 Å². The van der Waals surface area contributed by atoms with Crippen molar-refractivity contribution in [3.8, 4) is 44.9 Å². The number of rotatable bonds is 6. The standard InChI is InChI=1S/C40H25N3O.Pt/c1-3-13-27(14-4-1)29-23-36(28-15-5-2-6-16-28)43-38(24-29)32-19-8-11-21-35(32)42-34-20-10-7-18-31(34)37-25-33-30-17-9-12-22-39(30)44-40(33)26-41-37;/h1-15,17-26H;/q-2;+2. The topological polar surface area (TPSA) is 53.0 Å². The zero-order valence-electron chi connectivity index (χ0n) is 24.0. The predicted octanol–water partition coefficient (Wildman–Crippen LogP) is 11.2. The third kappa shape index (κ3) is 5.57. The van der Waals surface area contributed by atoms with Crippen molar-refractivity contribution in [2.24, 2.45) is 0 Å². The molecule has 4 nitrogen and oxygen atoms in total. The van der Waals surface area contributed by atoms with Crippen LogP contribution in [0, 0.1) is 6.07 Å². The Hall–Kier alpha value is -5.31. The molecule has 0 fully saturated rings. The van der Waals surface area contributed by atoms with Crippen LogP contribution in [0.3, 0.4) is 0 Å². The number of hydrogen-bond acceptors (Lipinski definition) is 3. The molecule has 0 saturated carbocycles. The average Bonchev–Trinajstić information content (AvgIpc) is 3.47. The minimum Gasteiger partial charge on any atom is -0.657 e. The minimum absolute atomic E-state index is 0. The van der Waals surface area contributed by atoms with E-state index in [2.05, 4.69) is 66.7 Å². The van der Waals surface area contributed by atoms with E-state index in [1.54, 1.807) is 6.20 Å². The SMILES string of the molecule is [Pt+2].[c-]1ccccc1-c1cc(-c2ccccc2)cc(-c2ccccc2[N-]c2ccccc2-c2cc3c(cn2)oc2ccccc23)n1. The second kappa shape index (κ2) is 12.4. The van der Waals surface area contributed by atoms with E-state index in [4.69, 9.17) is 19.7 Å². The molecule has 8 rings (SSSR count). The molecule has 5 heteroatoms. The molecule has 0 atom stereocenters. The number of hydrogen-bond donors (Lipinski definition) is 0. The molecule has 3 heterocycles. The van der Waals surface area contributed by atoms with Gasteiger partial charge in [-0.2, -0.15) is 0 Å². The Balaban J connectivity index is 0.00000325. The van der Waals surface area contributed by atoms with E-state index in [-0.39, 0.29) is 21.1 Å². The first-order valence-corrected chi connectivity index (χ1v) is 14.5. The molecule has 0 unspecified atom stereocenters. The smallest absolute Gasteiger partial charge is 0.657 e. The summed E-state index contributed by atoms with van der Waals surface area (Å²) in [5.74, 6) is 0. The number of para-hydroxylation sites is 3. The molecule has 45 heavy (non-hydrogen) atoms. The van der Waals surface area contributed by atoms with E-state index >= 15 is 0 Å². The second-order valence-corrected chi connectivity index (χ2v) is 10.6. The van der Waals surface area contributed by atoms with Crippen LogP contribution in [0.2, 0.25) is 0 Å². The summed E-state index contributed by atoms with van der Waals surface area (Å²) in [6.45, 7) is 0. The third-order valence-corrected chi connectivity index (χ3v) is 7.78. The zero-order valence-corrected chi connectivity index (χ0v) is 26.3. The van der Waals surface area contributed by atoms with Crippen molar-refractivity contribution < 1.29 is 25.5 Å². The first-order valence-electron chi connectivity index (χ1n) is 14.5. The predicted molar refractivity (Wildman–Crippen MR) is 179 cm³/mol. The Morgan fingerprint density at radius 3 is 1.98 bits per heavy atom. The van der Waals surface area contributed by atoms with Crippen LogP contribution in [0.15, 0.2) is 156 Å². The fourth-order valence-corrected chi connectivity index (χ4v) is 5.64. The monoisotopic (exact) mass is 758 g/mol. The minimum atomic E-state index is 0. The number of nitrogens with zero attached hydrogens (tertiary/aromatic N) is 3. The Kier molecular flexibility index (Phi) is 7.81. The fourth-order valence-electron chi connectivity index (χ4n) is 5.64. The molecule has 0 aliphatic heterocycles. The summed E-state index contributed by atoms with van der Waals surface area (Å²) in [5, 5.41) is 7.32. The van der Waals surface area contributed by atoms with E-state index < -0.39 is 0 Å². The number of benzene rings is 5. The molecular formula is C40H25N3OPt. The van der Waals surface area contributed by atoms with Gasteiger partial charge in [0.15, 0.2) is 5.58 Å². The van der Waals surface area contributed by atoms with Gasteiger partial charge in [0.25, 0.3) is 0 Å². The summed E-state index contributed by atoms with van der Waals surface area (Å²) in [6, 6.07) is 52.4. The Morgan fingerprint density at radius 2 is 1.20 bits per heavy atom. The molecule has 0 bridgehead atoms. The van der Waals surface area contributed by atoms with Gasteiger partial charge in [0.05, 0.1) is 17.6 Å². The van der Waals surface area contributed by atoms with E-state index in [0.717, 1.165) is 78.2 Å². The Morgan fingerprint density at radius 1 is 0.533 bits per heavy atom. The molecule has 8 aromatic rings. The van der Waals surface area contributed by atoms with Crippen molar-refractivity contribution in [3.05, 3.63) is 163 Å². The molecule has 0 aliphatic carbocycles. The quantitative estimate of drug-likeness (QED) is 0.159. The van der Waals surface area contributed by atoms with Gasteiger partial charge in [0, 0.05) is 10.8 Å². The van der Waals surface area contributed by atoms with E-state index in [1.807, 2.05) is 84.9 Å². The average molecular weight is 759 g/mol. The van der Waals surface area contributed by atoms with Crippen LogP contribution in [0.25, 0.3) is 72.2 Å². The van der Waals surface area contributed by atoms with Gasteiger partial charge < -0.3 is 9.73 Å². The summed E-state index contributed by atoms with van der Waals surface area (Å²) in [5.41, 5.74) is 10.9. The van der Waals surface area contributed by atoms with Crippen molar-refractivity contribution in [1.29, 1.82) is 0 Å². The molecule has 0 aliphatic rings. The van der Waals surface area contributed by atoms with Crippen LogP contribution in [0.4, 0.5) is 11.4 Å². The first-order chi connectivity index (χ1) is 21.8. The van der Waals surface area contributed by atoms with Crippen molar-refractivity contribution in [1.82, 2.24) is 9.97 Å². The number of pyridine rings is 2. The second-order valence-electron chi connectivity index (χ2n) is 10.6. The van der Waals surface area contributed by atoms with Gasteiger partial charge in [-0.1, -0.05) is 103 Å². The van der Waals surface area contributed by atoms with Crippen LogP contribution < -0.4 is 0 Å². The van der Waals surface area contributed by atoms with Crippen molar-refractivity contribution in [2.45, 2.75) is 0 Å². The molecule has 3 aromatic heterocycles. The number of furan rings is 1. The van der Waals surface area contributed by atoms with E-state index in [0.29, 0.717) is 0 Å². The van der Waals surface area contributed by atoms with E-state index in [9.17, 15) is 0 Å². The first kappa shape index (κ1) is 28.5. The molecule has 5 aromatic carbocycles. The van der Waals surface area contributed by atoms with Crippen LogP contribution >= 0.6 is 0 Å². The van der Waals surface area contributed by atoms with Gasteiger partial charge in [-0.25, -0.2) is 0 Å². The largest absolute Gasteiger partial charge is 2.00 e. The molecular weight excluding hydrogens is 734 g/mol. The summed E-state index contributed by atoms with van der Waals surface area (Å²) in [4.78, 5) is 9.90. The summed E-state index contributed by atoms with van der Waals surface area (Å²) in [7, 11) is 0. The van der Waals surface area contributed by atoms with Gasteiger partial charge in [0.2, 0.25) is 0 Å². The van der Waals surface area contributed by atoms with E-state index in [1.165, 1.54) is 0 Å². The maximum atomic E-state index is 6.02. The van der Waals surface area contributed by atoms with Crippen molar-refractivity contribution in [3.63, 3.8) is 0 Å². The van der Waals surface area contributed by atoms with Gasteiger partial charge in [-0.15, -0.1) is 47.3 Å². The van der Waals surface area contributed by atoms with Crippen molar-refractivity contribution in [2.75, 3.05) is 0 Å². The van der Waals surface area contributed by atoms with Gasteiger partial charge in [0.1, 0.15) is 5.58 Å². The summed E-state index contributed by atoms with van der Waals surface area (Å²) < 4.78 is 6.02. The Bertz CT molecular complexity index is 2200. The summed E-state index contributed by atoms with van der Waals surface area (Å²) in [6.07, 6.45) is 1.80. The number of aromatic nitrogens is 2. The van der Waals surface area contributed by atoms with Gasteiger partial charge in [-0.05, 0) is 46.1 Å². The molecule has 0 saturated heterocycles. The maximum absolute atomic E-state index is 6.02. The van der Waals surface area contributed by atoms with Crippen LogP contribution in [-0.2, 0) is 21.1 Å². The Labute approximate surface area is 275 Å². The number of fused-ring (bicyclic) bond motifs is 3. The van der Waals surface area contributed by atoms with Gasteiger partial charge in [-0.3, -0.25) is 9.97 Å². The van der Waals surface area contributed by atoms with Crippen LogP contribution in [-0.4, -0.2) is 9.97 Å². The van der Waals surface area contributed by atoms with Crippen molar-refractivity contribution >= 4 is 33.3 Å². The third-order valence-electron chi connectivity index (χ3n) is 7.78. The molecule has 0 N–H and O–H groups in total. The normalized spacial score (nSPS) is 10.9. The van der Waals surface area contributed by atoms with Crippen LogP contribution in [0.5, 0.6) is 0 Å². The zero-order chi connectivity index (χ0) is 29.3. The van der Waals surface area contributed by atoms with Crippen LogP contribution in [0.1, 0.15) is 0 Å². The fraction of sp³-hybridized carbons (Fsp3) is 0. The molecule has 0 amide bonds. The molecule has 216 valence electrons. The summed E-state index contributed by atoms with van der Waals surface area (Å²) >= 11 is 0. The molecule has 0 radical (unpaired) electrons. The molecule has 0 spiro atoms. The maximum Gasteiger partial charge on any atom is 2.00 e.